The second-order valence-electron chi connectivity index (χ2n) is 7.64. The van der Waals surface area contributed by atoms with Gasteiger partial charge in [0.25, 0.3) is 0 Å². The summed E-state index contributed by atoms with van der Waals surface area (Å²) in [5.74, 6) is -1.45. The molecule has 0 atom stereocenters. The highest BCUT2D eigenvalue weighted by Gasteiger charge is 2.30. The van der Waals surface area contributed by atoms with Crippen LogP contribution < -0.4 is 0 Å². The molecule has 0 bridgehead atoms. The van der Waals surface area contributed by atoms with Crippen LogP contribution in [0.5, 0.6) is 0 Å². The minimum Gasteiger partial charge on any atom is -0.443 e. The molecule has 5 nitrogen and oxygen atoms in total. The van der Waals surface area contributed by atoms with Crippen LogP contribution in [0.4, 0.5) is 18.4 Å². The van der Waals surface area contributed by atoms with Crippen molar-refractivity contribution in [2.24, 2.45) is 0 Å². The number of carbonyl (C=O) groups excluding carboxylic acids is 2. The van der Waals surface area contributed by atoms with Gasteiger partial charge in [0.05, 0.1) is 0 Å². The lowest BCUT2D eigenvalue weighted by atomic mass is 10.1. The smallest absolute Gasteiger partial charge is 0.419 e. The summed E-state index contributed by atoms with van der Waals surface area (Å²) in [6.07, 6.45) is -1.69. The van der Waals surface area contributed by atoms with Crippen molar-refractivity contribution < 1.29 is 27.8 Å². The molecular weight excluding hydrogens is 332 g/mol. The second kappa shape index (κ2) is 7.80. The van der Waals surface area contributed by atoms with E-state index >= 15 is 0 Å². The molecule has 0 unspecified atom stereocenters. The molecule has 2 amide bonds. The van der Waals surface area contributed by atoms with Crippen LogP contribution in [0.25, 0.3) is 0 Å². The molecular formula is C18H25F2NO4. The van der Waals surface area contributed by atoms with Crippen molar-refractivity contribution in [1.29, 1.82) is 0 Å². The number of nitrogens with zero attached hydrogens (tertiary/aromatic N) is 1. The first kappa shape index (κ1) is 20.9. The van der Waals surface area contributed by atoms with E-state index in [1.54, 1.807) is 41.5 Å². The summed E-state index contributed by atoms with van der Waals surface area (Å²) in [6.45, 7) is 9.87. The van der Waals surface area contributed by atoms with Gasteiger partial charge >= 0.3 is 12.2 Å². The Bertz CT molecular complexity index is 585. The normalized spacial score (nSPS) is 11.8. The zero-order valence-electron chi connectivity index (χ0n) is 15.5. The third kappa shape index (κ3) is 7.96. The minimum absolute atomic E-state index is 0.0627. The molecule has 0 heterocycles. The Hall–Kier alpha value is -2.18. The SMILES string of the molecule is CC(C)(C)OC(=O)N(CCc1cc(F)cc(F)c1)C(=O)OC(C)(C)C. The van der Waals surface area contributed by atoms with Crippen molar-refractivity contribution in [3.8, 4) is 0 Å². The predicted octanol–water partition coefficient (Wildman–Crippen LogP) is 4.68. The number of amides is 2. The first-order chi connectivity index (χ1) is 11.3. The number of rotatable bonds is 3. The molecule has 140 valence electrons. The molecule has 0 saturated carbocycles. The lowest BCUT2D eigenvalue weighted by Gasteiger charge is -2.28. The number of carbonyl (C=O) groups is 2. The maximum atomic E-state index is 13.3. The topological polar surface area (TPSA) is 55.8 Å². The molecule has 0 N–H and O–H groups in total. The third-order valence-electron chi connectivity index (χ3n) is 2.77. The van der Waals surface area contributed by atoms with Crippen molar-refractivity contribution >= 4 is 12.2 Å². The Kier molecular flexibility index (Phi) is 6.51. The molecule has 7 heteroatoms. The monoisotopic (exact) mass is 357 g/mol. The number of hydrogen-bond acceptors (Lipinski definition) is 4. The van der Waals surface area contributed by atoms with Gasteiger partial charge in [-0.15, -0.1) is 0 Å². The zero-order valence-corrected chi connectivity index (χ0v) is 15.5. The first-order valence-electron chi connectivity index (χ1n) is 7.95. The fourth-order valence-electron chi connectivity index (χ4n) is 1.89. The fraction of sp³-hybridized carbons (Fsp3) is 0.556. The summed E-state index contributed by atoms with van der Waals surface area (Å²) < 4.78 is 37.0. The van der Waals surface area contributed by atoms with E-state index in [1.807, 2.05) is 0 Å². The van der Waals surface area contributed by atoms with E-state index in [0.29, 0.717) is 5.56 Å². The van der Waals surface area contributed by atoms with E-state index in [1.165, 1.54) is 0 Å². The summed E-state index contributed by atoms with van der Waals surface area (Å²) in [6, 6.07) is 3.04. The third-order valence-corrected chi connectivity index (χ3v) is 2.77. The van der Waals surface area contributed by atoms with Gasteiger partial charge in [0, 0.05) is 12.6 Å². The molecule has 0 aliphatic rings. The van der Waals surface area contributed by atoms with Gasteiger partial charge in [-0.1, -0.05) is 0 Å². The molecule has 0 aromatic heterocycles. The van der Waals surface area contributed by atoms with Gasteiger partial charge in [-0.25, -0.2) is 23.3 Å². The van der Waals surface area contributed by atoms with E-state index in [2.05, 4.69) is 0 Å². The van der Waals surface area contributed by atoms with E-state index in [-0.39, 0.29) is 13.0 Å². The predicted molar refractivity (Wildman–Crippen MR) is 89.2 cm³/mol. The highest BCUT2D eigenvalue weighted by Crippen LogP contribution is 2.16. The van der Waals surface area contributed by atoms with Gasteiger partial charge in [0.15, 0.2) is 0 Å². The van der Waals surface area contributed by atoms with Crippen LogP contribution in [0.3, 0.4) is 0 Å². The lowest BCUT2D eigenvalue weighted by Crippen LogP contribution is -2.44. The number of benzene rings is 1. The molecule has 1 rings (SSSR count). The molecule has 0 radical (unpaired) electrons. The van der Waals surface area contributed by atoms with Crippen LogP contribution in [0.15, 0.2) is 18.2 Å². The Labute approximate surface area is 146 Å². The van der Waals surface area contributed by atoms with E-state index in [4.69, 9.17) is 9.47 Å². The van der Waals surface area contributed by atoms with E-state index in [9.17, 15) is 18.4 Å². The van der Waals surface area contributed by atoms with Crippen molar-refractivity contribution in [1.82, 2.24) is 4.90 Å². The molecule has 0 aliphatic carbocycles. The number of imide groups is 1. The van der Waals surface area contributed by atoms with Crippen LogP contribution in [-0.2, 0) is 15.9 Å². The highest BCUT2D eigenvalue weighted by atomic mass is 19.1. The average Bonchev–Trinajstić information content (AvgIpc) is 2.32. The molecule has 0 saturated heterocycles. The minimum atomic E-state index is -0.876. The largest absolute Gasteiger partial charge is 0.443 e. The summed E-state index contributed by atoms with van der Waals surface area (Å²) in [7, 11) is 0. The van der Waals surface area contributed by atoms with Gasteiger partial charge < -0.3 is 9.47 Å². The fourth-order valence-corrected chi connectivity index (χ4v) is 1.89. The number of ether oxygens (including phenoxy) is 2. The van der Waals surface area contributed by atoms with Crippen molar-refractivity contribution in [3.63, 3.8) is 0 Å². The Balaban J connectivity index is 2.93. The van der Waals surface area contributed by atoms with Gasteiger partial charge in [-0.2, -0.15) is 0 Å². The van der Waals surface area contributed by atoms with Gasteiger partial charge in [-0.05, 0) is 65.7 Å². The van der Waals surface area contributed by atoms with Gasteiger partial charge in [0.2, 0.25) is 0 Å². The number of halogens is 2. The van der Waals surface area contributed by atoms with Crippen LogP contribution in [-0.4, -0.2) is 34.8 Å². The van der Waals surface area contributed by atoms with Crippen LogP contribution in [0.2, 0.25) is 0 Å². The summed E-state index contributed by atoms with van der Waals surface area (Å²) >= 11 is 0. The Morgan fingerprint density at radius 2 is 1.28 bits per heavy atom. The maximum Gasteiger partial charge on any atom is 0.419 e. The van der Waals surface area contributed by atoms with Gasteiger partial charge in [-0.3, -0.25) is 0 Å². The average molecular weight is 357 g/mol. The van der Waals surface area contributed by atoms with Crippen LogP contribution in [0.1, 0.15) is 47.1 Å². The van der Waals surface area contributed by atoms with Crippen molar-refractivity contribution in [3.05, 3.63) is 35.4 Å². The Morgan fingerprint density at radius 1 is 0.880 bits per heavy atom. The van der Waals surface area contributed by atoms with E-state index in [0.717, 1.165) is 23.1 Å². The van der Waals surface area contributed by atoms with Gasteiger partial charge in [0.1, 0.15) is 22.8 Å². The zero-order chi connectivity index (χ0) is 19.4. The first-order valence-corrected chi connectivity index (χ1v) is 7.95. The maximum absolute atomic E-state index is 13.3. The molecule has 0 fully saturated rings. The van der Waals surface area contributed by atoms with Crippen molar-refractivity contribution in [2.75, 3.05) is 6.54 Å². The summed E-state index contributed by atoms with van der Waals surface area (Å²) in [5.41, 5.74) is -1.29. The summed E-state index contributed by atoms with van der Waals surface area (Å²) in [4.78, 5) is 25.4. The molecule has 25 heavy (non-hydrogen) atoms. The molecule has 1 aromatic rings. The molecule has 0 spiro atoms. The second-order valence-corrected chi connectivity index (χ2v) is 7.64. The highest BCUT2D eigenvalue weighted by molar-refractivity contribution is 5.88. The Morgan fingerprint density at radius 3 is 1.64 bits per heavy atom. The standard InChI is InChI=1S/C18H25F2NO4/c1-17(2,3)24-15(22)21(16(23)25-18(4,5)6)8-7-12-9-13(19)11-14(20)10-12/h9-11H,7-8H2,1-6H3. The number of hydrogen-bond donors (Lipinski definition) is 0. The van der Waals surface area contributed by atoms with Crippen LogP contribution in [0, 0.1) is 11.6 Å². The van der Waals surface area contributed by atoms with E-state index < -0.39 is 35.0 Å². The lowest BCUT2D eigenvalue weighted by molar-refractivity contribution is 0.00171. The van der Waals surface area contributed by atoms with Crippen LogP contribution >= 0.6 is 0 Å². The van der Waals surface area contributed by atoms with Crippen molar-refractivity contribution in [2.45, 2.75) is 59.2 Å². The molecule has 1 aromatic carbocycles. The quantitative estimate of drug-likeness (QED) is 0.788. The molecule has 0 aliphatic heterocycles. The summed E-state index contributed by atoms with van der Waals surface area (Å²) in [5, 5.41) is 0.